The molecule has 1 aliphatic carbocycles. The van der Waals surface area contributed by atoms with E-state index in [9.17, 15) is 4.79 Å². The van der Waals surface area contributed by atoms with Gasteiger partial charge in [0.15, 0.2) is 0 Å². The Morgan fingerprint density at radius 3 is 2.82 bits per heavy atom. The Balaban J connectivity index is 1.98. The van der Waals surface area contributed by atoms with E-state index in [-0.39, 0.29) is 11.9 Å². The summed E-state index contributed by atoms with van der Waals surface area (Å²) in [6.07, 6.45) is 2.11. The Morgan fingerprint density at radius 2 is 2.18 bits per heavy atom. The molecule has 0 radical (unpaired) electrons. The fourth-order valence-corrected chi connectivity index (χ4v) is 2.20. The number of methoxy groups -OCH3 is 1. The van der Waals surface area contributed by atoms with Crippen molar-refractivity contribution in [1.82, 2.24) is 5.32 Å². The number of benzene rings is 1. The lowest BCUT2D eigenvalue weighted by molar-refractivity contribution is 0.0176. The Hall–Kier alpha value is -1.00. The summed E-state index contributed by atoms with van der Waals surface area (Å²) in [5.74, 6) is -0.0158. The van der Waals surface area contributed by atoms with Crippen LogP contribution in [0.4, 0.5) is 0 Å². The van der Waals surface area contributed by atoms with Crippen LogP contribution in [0.5, 0.6) is 0 Å². The van der Waals surface area contributed by atoms with Gasteiger partial charge in [-0.1, -0.05) is 6.07 Å². The molecule has 0 aromatic heterocycles. The third-order valence-electron chi connectivity index (χ3n) is 3.23. The minimum Gasteiger partial charge on any atom is -0.381 e. The van der Waals surface area contributed by atoms with Crippen molar-refractivity contribution in [2.45, 2.75) is 36.8 Å². The first kappa shape index (κ1) is 12.5. The zero-order chi connectivity index (χ0) is 12.4. The van der Waals surface area contributed by atoms with Crippen LogP contribution in [-0.4, -0.2) is 25.2 Å². The van der Waals surface area contributed by atoms with E-state index in [1.54, 1.807) is 13.2 Å². The van der Waals surface area contributed by atoms with Crippen LogP contribution in [0, 0.1) is 6.92 Å². The Labute approximate surface area is 107 Å². The molecular formula is C13H17NO2S. The lowest BCUT2D eigenvalue weighted by atomic mass is 9.89. The summed E-state index contributed by atoms with van der Waals surface area (Å²) >= 11 is 4.25. The van der Waals surface area contributed by atoms with Gasteiger partial charge in [-0.2, -0.15) is 0 Å². The van der Waals surface area contributed by atoms with E-state index in [2.05, 4.69) is 17.9 Å². The van der Waals surface area contributed by atoms with Crippen molar-refractivity contribution in [2.75, 3.05) is 7.11 Å². The Bertz CT molecular complexity index is 427. The molecule has 17 heavy (non-hydrogen) atoms. The summed E-state index contributed by atoms with van der Waals surface area (Å²) in [6, 6.07) is 5.85. The first-order valence-corrected chi connectivity index (χ1v) is 6.18. The number of hydrogen-bond donors (Lipinski definition) is 2. The highest BCUT2D eigenvalue weighted by Gasteiger charge is 2.30. The lowest BCUT2D eigenvalue weighted by Crippen LogP contribution is -2.47. The van der Waals surface area contributed by atoms with Gasteiger partial charge in [0, 0.05) is 23.6 Å². The number of hydrogen-bond acceptors (Lipinski definition) is 3. The molecular weight excluding hydrogens is 234 g/mol. The predicted octanol–water partition coefficient (Wildman–Crippen LogP) is 2.19. The second-order valence-electron chi connectivity index (χ2n) is 4.50. The van der Waals surface area contributed by atoms with E-state index in [0.29, 0.717) is 11.7 Å². The van der Waals surface area contributed by atoms with Crippen molar-refractivity contribution in [2.24, 2.45) is 0 Å². The SMILES string of the molecule is COC1CC(NC(=O)c2cc(S)ccc2C)C1. The van der Waals surface area contributed by atoms with E-state index in [0.717, 1.165) is 23.3 Å². The molecule has 3 nitrogen and oxygen atoms in total. The van der Waals surface area contributed by atoms with Crippen LogP contribution in [-0.2, 0) is 4.74 Å². The molecule has 1 N–H and O–H groups in total. The molecule has 1 aliphatic rings. The van der Waals surface area contributed by atoms with Crippen LogP contribution in [0.15, 0.2) is 23.1 Å². The summed E-state index contributed by atoms with van der Waals surface area (Å²) in [5, 5.41) is 3.01. The lowest BCUT2D eigenvalue weighted by Gasteiger charge is -2.34. The van der Waals surface area contributed by atoms with Gasteiger partial charge in [-0.15, -0.1) is 12.6 Å². The minimum absolute atomic E-state index is 0.0158. The summed E-state index contributed by atoms with van der Waals surface area (Å²) in [4.78, 5) is 12.8. The number of amides is 1. The van der Waals surface area contributed by atoms with Gasteiger partial charge in [-0.05, 0) is 37.5 Å². The van der Waals surface area contributed by atoms with E-state index in [4.69, 9.17) is 4.74 Å². The molecule has 0 heterocycles. The first-order valence-electron chi connectivity index (χ1n) is 5.73. The van der Waals surface area contributed by atoms with Crippen LogP contribution in [0.25, 0.3) is 0 Å². The first-order chi connectivity index (χ1) is 8.10. The summed E-state index contributed by atoms with van der Waals surface area (Å²) in [7, 11) is 1.71. The maximum atomic E-state index is 12.0. The second kappa shape index (κ2) is 5.10. The smallest absolute Gasteiger partial charge is 0.251 e. The fraction of sp³-hybridized carbons (Fsp3) is 0.462. The van der Waals surface area contributed by atoms with Gasteiger partial charge in [0.05, 0.1) is 6.10 Å². The second-order valence-corrected chi connectivity index (χ2v) is 5.02. The zero-order valence-corrected chi connectivity index (χ0v) is 11.0. The quantitative estimate of drug-likeness (QED) is 0.808. The van der Waals surface area contributed by atoms with Gasteiger partial charge in [0.1, 0.15) is 0 Å². The largest absolute Gasteiger partial charge is 0.381 e. The van der Waals surface area contributed by atoms with Crippen molar-refractivity contribution in [3.63, 3.8) is 0 Å². The number of thiol groups is 1. The van der Waals surface area contributed by atoms with Crippen molar-refractivity contribution in [3.8, 4) is 0 Å². The number of carbonyl (C=O) groups excluding carboxylic acids is 1. The molecule has 1 aromatic carbocycles. The molecule has 1 fully saturated rings. The van der Waals surface area contributed by atoms with Crippen molar-refractivity contribution >= 4 is 18.5 Å². The van der Waals surface area contributed by atoms with Crippen molar-refractivity contribution in [3.05, 3.63) is 29.3 Å². The summed E-state index contributed by atoms with van der Waals surface area (Å²) in [5.41, 5.74) is 1.68. The Morgan fingerprint density at radius 1 is 1.47 bits per heavy atom. The predicted molar refractivity (Wildman–Crippen MR) is 69.7 cm³/mol. The van der Waals surface area contributed by atoms with Crippen LogP contribution < -0.4 is 5.32 Å². The molecule has 2 rings (SSSR count). The molecule has 1 saturated carbocycles. The molecule has 1 amide bonds. The van der Waals surface area contributed by atoms with Gasteiger partial charge in [-0.3, -0.25) is 4.79 Å². The highest BCUT2D eigenvalue weighted by molar-refractivity contribution is 7.80. The molecule has 0 unspecified atom stereocenters. The Kier molecular flexibility index (Phi) is 3.74. The number of rotatable bonds is 3. The monoisotopic (exact) mass is 251 g/mol. The number of nitrogens with one attached hydrogen (secondary N) is 1. The topological polar surface area (TPSA) is 38.3 Å². The van der Waals surface area contributed by atoms with Crippen molar-refractivity contribution in [1.29, 1.82) is 0 Å². The van der Waals surface area contributed by atoms with Crippen LogP contribution >= 0.6 is 12.6 Å². The third kappa shape index (κ3) is 2.82. The average Bonchev–Trinajstić information content (AvgIpc) is 2.25. The van der Waals surface area contributed by atoms with Gasteiger partial charge in [0.2, 0.25) is 0 Å². The molecule has 92 valence electrons. The van der Waals surface area contributed by atoms with Gasteiger partial charge in [-0.25, -0.2) is 0 Å². The van der Waals surface area contributed by atoms with Crippen molar-refractivity contribution < 1.29 is 9.53 Å². The number of aryl methyl sites for hydroxylation is 1. The van der Waals surface area contributed by atoms with Gasteiger partial charge < -0.3 is 10.1 Å². The van der Waals surface area contributed by atoms with E-state index >= 15 is 0 Å². The molecule has 4 heteroatoms. The molecule has 0 aliphatic heterocycles. The fourth-order valence-electron chi connectivity index (χ4n) is 1.99. The van der Waals surface area contributed by atoms with Crippen LogP contribution in [0.2, 0.25) is 0 Å². The van der Waals surface area contributed by atoms with Gasteiger partial charge in [0.25, 0.3) is 5.91 Å². The van der Waals surface area contributed by atoms with Crippen LogP contribution in [0.3, 0.4) is 0 Å². The molecule has 1 aromatic rings. The van der Waals surface area contributed by atoms with E-state index in [1.165, 1.54) is 0 Å². The molecule has 0 spiro atoms. The molecule has 0 saturated heterocycles. The molecule has 0 bridgehead atoms. The maximum absolute atomic E-state index is 12.0. The number of ether oxygens (including phenoxy) is 1. The average molecular weight is 251 g/mol. The highest BCUT2D eigenvalue weighted by atomic mass is 32.1. The standard InChI is InChI=1S/C13H17NO2S/c1-8-3-4-11(17)7-12(8)13(15)14-9-5-10(6-9)16-2/h3-4,7,9-10,17H,5-6H2,1-2H3,(H,14,15). The zero-order valence-electron chi connectivity index (χ0n) is 10.1. The van der Waals surface area contributed by atoms with Gasteiger partial charge >= 0.3 is 0 Å². The number of carbonyl (C=O) groups is 1. The van der Waals surface area contributed by atoms with E-state index < -0.39 is 0 Å². The van der Waals surface area contributed by atoms with E-state index in [1.807, 2.05) is 19.1 Å². The van der Waals surface area contributed by atoms with Crippen LogP contribution in [0.1, 0.15) is 28.8 Å². The normalized spacial score (nSPS) is 23.0. The minimum atomic E-state index is -0.0158. The summed E-state index contributed by atoms with van der Waals surface area (Å²) in [6.45, 7) is 1.93. The highest BCUT2D eigenvalue weighted by Crippen LogP contribution is 2.23. The third-order valence-corrected chi connectivity index (χ3v) is 3.51. The molecule has 0 atom stereocenters. The summed E-state index contributed by atoms with van der Waals surface area (Å²) < 4.78 is 5.18. The maximum Gasteiger partial charge on any atom is 0.251 e.